The predicted octanol–water partition coefficient (Wildman–Crippen LogP) is 3.50. The van der Waals surface area contributed by atoms with Gasteiger partial charge in [0.15, 0.2) is 0 Å². The van der Waals surface area contributed by atoms with Crippen molar-refractivity contribution < 1.29 is 13.9 Å². The molecule has 0 radical (unpaired) electrons. The van der Waals surface area contributed by atoms with E-state index in [1.54, 1.807) is 0 Å². The second kappa shape index (κ2) is 4.57. The van der Waals surface area contributed by atoms with E-state index in [2.05, 4.69) is 6.07 Å². The second-order valence-electron chi connectivity index (χ2n) is 5.77. The van der Waals surface area contributed by atoms with E-state index in [0.29, 0.717) is 18.8 Å². The maximum atomic E-state index is 13.3. The van der Waals surface area contributed by atoms with Gasteiger partial charge >= 0.3 is 0 Å². The fourth-order valence-electron chi connectivity index (χ4n) is 3.06. The van der Waals surface area contributed by atoms with Crippen molar-refractivity contribution in [3.63, 3.8) is 0 Å². The Kier molecular flexibility index (Phi) is 3.36. The third-order valence-electron chi connectivity index (χ3n) is 4.33. The summed E-state index contributed by atoms with van der Waals surface area (Å²) in [4.78, 5) is 0. The smallest absolute Gasteiger partial charge is 0.126 e. The Morgan fingerprint density at radius 1 is 1.37 bits per heavy atom. The van der Waals surface area contributed by atoms with Gasteiger partial charge in [-0.1, -0.05) is 6.92 Å². The number of rotatable bonds is 2. The summed E-state index contributed by atoms with van der Waals surface area (Å²) in [5.41, 5.74) is -2.41. The molecule has 0 bridgehead atoms. The summed E-state index contributed by atoms with van der Waals surface area (Å²) in [6, 6.07) is 5.16. The van der Waals surface area contributed by atoms with Crippen LogP contribution in [0.1, 0.15) is 38.7 Å². The van der Waals surface area contributed by atoms with Gasteiger partial charge < -0.3 is 5.11 Å². The molecule has 3 atom stereocenters. The molecule has 19 heavy (non-hydrogen) atoms. The summed E-state index contributed by atoms with van der Waals surface area (Å²) < 4.78 is 26.6. The van der Waals surface area contributed by atoms with Gasteiger partial charge in [0.2, 0.25) is 0 Å². The van der Waals surface area contributed by atoms with Crippen molar-refractivity contribution in [2.75, 3.05) is 0 Å². The lowest BCUT2D eigenvalue weighted by Crippen LogP contribution is -2.41. The van der Waals surface area contributed by atoms with Crippen LogP contribution in [0.2, 0.25) is 0 Å². The second-order valence-corrected chi connectivity index (χ2v) is 5.77. The molecule has 1 saturated carbocycles. The highest BCUT2D eigenvalue weighted by Crippen LogP contribution is 2.52. The van der Waals surface area contributed by atoms with Crippen LogP contribution in [0.25, 0.3) is 0 Å². The fourth-order valence-corrected chi connectivity index (χ4v) is 3.06. The molecule has 0 aromatic heterocycles. The van der Waals surface area contributed by atoms with Gasteiger partial charge in [0.1, 0.15) is 17.2 Å². The lowest BCUT2D eigenvalue weighted by Gasteiger charge is -2.38. The summed E-state index contributed by atoms with van der Waals surface area (Å²) in [5.74, 6) is -1.16. The van der Waals surface area contributed by atoms with Crippen molar-refractivity contribution in [1.82, 2.24) is 0 Å². The van der Waals surface area contributed by atoms with E-state index in [0.717, 1.165) is 24.6 Å². The molecule has 1 fully saturated rings. The molecular formula is C15H17F2NO. The van der Waals surface area contributed by atoms with E-state index >= 15 is 0 Å². The molecule has 1 N–H and O–H groups in total. The zero-order valence-electron chi connectivity index (χ0n) is 11.1. The van der Waals surface area contributed by atoms with Crippen molar-refractivity contribution >= 4 is 0 Å². The molecule has 0 heterocycles. The Labute approximate surface area is 111 Å². The Hall–Kier alpha value is -1.47. The molecule has 0 spiro atoms. The van der Waals surface area contributed by atoms with Gasteiger partial charge in [-0.25, -0.2) is 8.78 Å². The zero-order valence-corrected chi connectivity index (χ0v) is 11.1. The lowest BCUT2D eigenvalue weighted by molar-refractivity contribution is -0.0443. The third-order valence-corrected chi connectivity index (χ3v) is 4.33. The molecule has 1 aromatic rings. The Morgan fingerprint density at radius 3 is 2.37 bits per heavy atom. The van der Waals surface area contributed by atoms with E-state index in [9.17, 15) is 19.1 Å². The number of hydrogen-bond donors (Lipinski definition) is 1. The number of nitrogens with zero attached hydrogens (tertiary/aromatic N) is 1. The van der Waals surface area contributed by atoms with Crippen LogP contribution in [0, 0.1) is 34.3 Å². The summed E-state index contributed by atoms with van der Waals surface area (Å²) in [6.07, 6.45) is 1.91. The van der Waals surface area contributed by atoms with Crippen molar-refractivity contribution in [3.8, 4) is 6.07 Å². The number of aliphatic hydroxyl groups is 1. The molecule has 2 rings (SSSR count). The molecule has 1 aromatic carbocycles. The van der Waals surface area contributed by atoms with Crippen LogP contribution in [-0.2, 0) is 5.60 Å². The monoisotopic (exact) mass is 265 g/mol. The average molecular weight is 265 g/mol. The van der Waals surface area contributed by atoms with E-state index in [1.165, 1.54) is 6.92 Å². The van der Waals surface area contributed by atoms with Crippen molar-refractivity contribution in [2.45, 2.75) is 38.7 Å². The quantitative estimate of drug-likeness (QED) is 0.889. The summed E-state index contributed by atoms with van der Waals surface area (Å²) >= 11 is 0. The first-order chi connectivity index (χ1) is 8.80. The summed E-state index contributed by atoms with van der Waals surface area (Å²) in [6.45, 7) is 3.49. The van der Waals surface area contributed by atoms with Gasteiger partial charge in [0, 0.05) is 6.07 Å². The minimum Gasteiger partial charge on any atom is -0.384 e. The zero-order chi connectivity index (χ0) is 14.3. The fraction of sp³-hybridized carbons (Fsp3) is 0.533. The highest BCUT2D eigenvalue weighted by molar-refractivity contribution is 5.30. The van der Waals surface area contributed by atoms with Crippen molar-refractivity contribution in [3.05, 3.63) is 35.4 Å². The third kappa shape index (κ3) is 2.23. The van der Waals surface area contributed by atoms with E-state index in [-0.39, 0.29) is 5.56 Å². The Bertz CT molecular complexity index is 515. The number of halogens is 2. The SMILES string of the molecule is CC1CCC(C#N)(C(C)(O)c2cc(F)cc(F)c2)C1. The van der Waals surface area contributed by atoms with E-state index < -0.39 is 22.7 Å². The number of benzene rings is 1. The van der Waals surface area contributed by atoms with Crippen LogP contribution in [0.4, 0.5) is 8.78 Å². The molecular weight excluding hydrogens is 248 g/mol. The van der Waals surface area contributed by atoms with Gasteiger partial charge in [-0.05, 0) is 49.8 Å². The largest absolute Gasteiger partial charge is 0.384 e. The first-order valence-corrected chi connectivity index (χ1v) is 6.41. The standard InChI is InChI=1S/C15H17F2NO/c1-10-3-4-15(8-10,9-18)14(2,19)11-5-12(16)7-13(17)6-11/h5-7,10,19H,3-4,8H2,1-2H3. The Balaban J connectivity index is 2.49. The van der Waals surface area contributed by atoms with Gasteiger partial charge in [0.25, 0.3) is 0 Å². The molecule has 2 nitrogen and oxygen atoms in total. The van der Waals surface area contributed by atoms with Gasteiger partial charge in [-0.2, -0.15) is 5.26 Å². The lowest BCUT2D eigenvalue weighted by atomic mass is 9.68. The van der Waals surface area contributed by atoms with Crippen LogP contribution in [0.15, 0.2) is 18.2 Å². The minimum absolute atomic E-state index is 0.126. The maximum absolute atomic E-state index is 13.3. The van der Waals surface area contributed by atoms with Crippen LogP contribution in [0.5, 0.6) is 0 Å². The Morgan fingerprint density at radius 2 is 1.95 bits per heavy atom. The number of hydrogen-bond acceptors (Lipinski definition) is 2. The predicted molar refractivity (Wildman–Crippen MR) is 67.0 cm³/mol. The number of nitriles is 1. The highest BCUT2D eigenvalue weighted by atomic mass is 19.1. The molecule has 0 saturated heterocycles. The van der Waals surface area contributed by atoms with Crippen LogP contribution in [0.3, 0.4) is 0 Å². The normalized spacial score (nSPS) is 29.8. The van der Waals surface area contributed by atoms with Crippen molar-refractivity contribution in [2.24, 2.45) is 11.3 Å². The first kappa shape index (κ1) is 14.0. The van der Waals surface area contributed by atoms with Gasteiger partial charge in [0.05, 0.1) is 11.5 Å². The summed E-state index contributed by atoms with van der Waals surface area (Å²) in [5, 5.41) is 20.2. The van der Waals surface area contributed by atoms with Gasteiger partial charge in [-0.3, -0.25) is 0 Å². The van der Waals surface area contributed by atoms with E-state index in [1.807, 2.05) is 6.92 Å². The molecule has 1 aliphatic carbocycles. The van der Waals surface area contributed by atoms with E-state index in [4.69, 9.17) is 0 Å². The topological polar surface area (TPSA) is 44.0 Å². The van der Waals surface area contributed by atoms with Gasteiger partial charge in [-0.15, -0.1) is 0 Å². The first-order valence-electron chi connectivity index (χ1n) is 6.41. The average Bonchev–Trinajstić information content (AvgIpc) is 2.71. The molecule has 4 heteroatoms. The van der Waals surface area contributed by atoms with Crippen LogP contribution in [-0.4, -0.2) is 5.11 Å². The molecule has 102 valence electrons. The van der Waals surface area contributed by atoms with Crippen LogP contribution >= 0.6 is 0 Å². The summed E-state index contributed by atoms with van der Waals surface area (Å²) in [7, 11) is 0. The molecule has 1 aliphatic rings. The molecule has 0 aliphatic heterocycles. The molecule has 0 amide bonds. The molecule has 3 unspecified atom stereocenters. The minimum atomic E-state index is -1.56. The van der Waals surface area contributed by atoms with Crippen molar-refractivity contribution in [1.29, 1.82) is 5.26 Å². The highest BCUT2D eigenvalue weighted by Gasteiger charge is 2.52. The maximum Gasteiger partial charge on any atom is 0.126 e. The van der Waals surface area contributed by atoms with Crippen LogP contribution < -0.4 is 0 Å².